The molecule has 1 aromatic rings. The number of amides is 1. The molecular weight excluding hydrogens is 244 g/mol. The summed E-state index contributed by atoms with van der Waals surface area (Å²) in [7, 11) is 1.64. The minimum absolute atomic E-state index is 0.111. The van der Waals surface area contributed by atoms with Gasteiger partial charge in [0.1, 0.15) is 11.9 Å². The molecule has 1 aliphatic rings. The molecule has 1 amide bonds. The third-order valence-corrected chi connectivity index (χ3v) is 3.22. The van der Waals surface area contributed by atoms with Gasteiger partial charge in [-0.3, -0.25) is 4.79 Å². The molecule has 0 spiro atoms. The van der Waals surface area contributed by atoms with Crippen molar-refractivity contribution in [3.05, 3.63) is 23.3 Å². The number of benzene rings is 1. The number of hydrogen-bond acceptors (Lipinski definition) is 4. The minimum Gasteiger partial charge on any atom is -0.496 e. The number of anilines is 1. The van der Waals surface area contributed by atoms with E-state index in [4.69, 9.17) is 9.47 Å². The quantitative estimate of drug-likeness (QED) is 0.862. The van der Waals surface area contributed by atoms with Crippen LogP contribution in [-0.2, 0) is 9.53 Å². The van der Waals surface area contributed by atoms with Crippen LogP contribution in [0.4, 0.5) is 5.69 Å². The third-order valence-electron chi connectivity index (χ3n) is 3.22. The molecule has 1 heterocycles. The molecule has 19 heavy (non-hydrogen) atoms. The van der Waals surface area contributed by atoms with Crippen LogP contribution in [0, 0.1) is 13.8 Å². The third kappa shape index (κ3) is 3.24. The molecule has 1 atom stereocenters. The first-order chi connectivity index (χ1) is 9.11. The van der Waals surface area contributed by atoms with Crippen molar-refractivity contribution in [3.8, 4) is 5.75 Å². The Hall–Kier alpha value is -1.59. The van der Waals surface area contributed by atoms with Gasteiger partial charge in [-0.1, -0.05) is 0 Å². The molecule has 0 aromatic heterocycles. The number of ether oxygens (including phenoxy) is 2. The van der Waals surface area contributed by atoms with E-state index in [1.165, 1.54) is 0 Å². The van der Waals surface area contributed by atoms with Gasteiger partial charge in [-0.25, -0.2) is 0 Å². The van der Waals surface area contributed by atoms with Gasteiger partial charge in [0.25, 0.3) is 5.91 Å². The topological polar surface area (TPSA) is 59.6 Å². The van der Waals surface area contributed by atoms with Crippen LogP contribution in [0.25, 0.3) is 0 Å². The summed E-state index contributed by atoms with van der Waals surface area (Å²) in [6, 6.07) is 3.84. The van der Waals surface area contributed by atoms with Crippen LogP contribution in [0.3, 0.4) is 0 Å². The lowest BCUT2D eigenvalue weighted by Crippen LogP contribution is -2.45. The zero-order valence-electron chi connectivity index (χ0n) is 11.6. The van der Waals surface area contributed by atoms with E-state index >= 15 is 0 Å². The lowest BCUT2D eigenvalue weighted by Gasteiger charge is -2.23. The number of hydrogen-bond donors (Lipinski definition) is 2. The number of carbonyl (C=O) groups excluding carboxylic acids is 1. The summed E-state index contributed by atoms with van der Waals surface area (Å²) in [4.78, 5) is 12.1. The number of aryl methyl sites for hydroxylation is 2. The van der Waals surface area contributed by atoms with Gasteiger partial charge < -0.3 is 20.1 Å². The summed E-state index contributed by atoms with van der Waals surface area (Å²) in [5.41, 5.74) is 2.77. The van der Waals surface area contributed by atoms with Gasteiger partial charge in [0.05, 0.1) is 13.7 Å². The summed E-state index contributed by atoms with van der Waals surface area (Å²) in [5, 5.41) is 6.05. The summed E-state index contributed by atoms with van der Waals surface area (Å²) in [6.45, 7) is 5.81. The summed E-state index contributed by atoms with van der Waals surface area (Å²) in [5.74, 6) is 0.714. The monoisotopic (exact) mass is 264 g/mol. The van der Waals surface area contributed by atoms with E-state index in [-0.39, 0.29) is 5.91 Å². The fourth-order valence-electron chi connectivity index (χ4n) is 2.09. The van der Waals surface area contributed by atoms with Crippen LogP contribution < -0.4 is 15.4 Å². The zero-order chi connectivity index (χ0) is 13.8. The minimum atomic E-state index is -0.421. The molecule has 0 radical (unpaired) electrons. The Bertz CT molecular complexity index is 468. The molecule has 5 nitrogen and oxygen atoms in total. The molecule has 0 aliphatic carbocycles. The van der Waals surface area contributed by atoms with Gasteiger partial charge in [-0.15, -0.1) is 0 Å². The zero-order valence-corrected chi connectivity index (χ0v) is 11.6. The van der Waals surface area contributed by atoms with E-state index in [2.05, 4.69) is 10.6 Å². The van der Waals surface area contributed by atoms with Crippen LogP contribution in [-0.4, -0.2) is 38.8 Å². The van der Waals surface area contributed by atoms with Gasteiger partial charge in [0.15, 0.2) is 0 Å². The fraction of sp³-hybridized carbons (Fsp3) is 0.500. The van der Waals surface area contributed by atoms with Gasteiger partial charge in [-0.2, -0.15) is 0 Å². The highest BCUT2D eigenvalue weighted by molar-refractivity contribution is 5.95. The van der Waals surface area contributed by atoms with Crippen molar-refractivity contribution in [2.45, 2.75) is 20.0 Å². The molecule has 1 unspecified atom stereocenters. The second-order valence-electron chi connectivity index (χ2n) is 4.69. The van der Waals surface area contributed by atoms with Crippen LogP contribution in [0.1, 0.15) is 11.1 Å². The van der Waals surface area contributed by atoms with Crippen molar-refractivity contribution in [1.29, 1.82) is 0 Å². The lowest BCUT2D eigenvalue weighted by molar-refractivity contribution is -0.128. The first-order valence-corrected chi connectivity index (χ1v) is 6.40. The maximum Gasteiger partial charge on any atom is 0.254 e. The van der Waals surface area contributed by atoms with Crippen LogP contribution in [0.5, 0.6) is 5.75 Å². The average molecular weight is 264 g/mol. The van der Waals surface area contributed by atoms with E-state index in [1.54, 1.807) is 7.11 Å². The van der Waals surface area contributed by atoms with Crippen molar-refractivity contribution in [1.82, 2.24) is 5.32 Å². The van der Waals surface area contributed by atoms with Crippen molar-refractivity contribution >= 4 is 11.6 Å². The van der Waals surface area contributed by atoms with Crippen molar-refractivity contribution in [3.63, 3.8) is 0 Å². The number of nitrogens with one attached hydrogen (secondary N) is 2. The number of rotatable bonds is 3. The van der Waals surface area contributed by atoms with Crippen LogP contribution >= 0.6 is 0 Å². The van der Waals surface area contributed by atoms with E-state index in [0.29, 0.717) is 13.2 Å². The Labute approximate surface area is 113 Å². The van der Waals surface area contributed by atoms with Gasteiger partial charge >= 0.3 is 0 Å². The summed E-state index contributed by atoms with van der Waals surface area (Å²) >= 11 is 0. The smallest absolute Gasteiger partial charge is 0.254 e. The molecule has 1 saturated heterocycles. The standard InChI is InChI=1S/C14H20N2O3/c1-9-7-12(18-3)10(2)6-11(9)16-14(17)13-8-15-4-5-19-13/h6-7,13,15H,4-5,8H2,1-3H3,(H,16,17). The Morgan fingerprint density at radius 1 is 1.42 bits per heavy atom. The van der Waals surface area contributed by atoms with Crippen molar-refractivity contribution in [2.75, 3.05) is 32.1 Å². The summed E-state index contributed by atoms with van der Waals surface area (Å²) < 4.78 is 10.7. The Morgan fingerprint density at radius 2 is 2.21 bits per heavy atom. The Balaban J connectivity index is 2.10. The van der Waals surface area contributed by atoms with Gasteiger partial charge in [0.2, 0.25) is 0 Å². The normalized spacial score (nSPS) is 19.0. The summed E-state index contributed by atoms with van der Waals surface area (Å²) in [6.07, 6.45) is -0.421. The van der Waals surface area contributed by atoms with E-state index in [0.717, 1.165) is 29.1 Å². The molecular formula is C14H20N2O3. The molecule has 0 saturated carbocycles. The Morgan fingerprint density at radius 3 is 2.84 bits per heavy atom. The molecule has 1 aliphatic heterocycles. The number of methoxy groups -OCH3 is 1. The predicted molar refractivity (Wildman–Crippen MR) is 73.7 cm³/mol. The highest BCUT2D eigenvalue weighted by Crippen LogP contribution is 2.26. The largest absolute Gasteiger partial charge is 0.496 e. The van der Waals surface area contributed by atoms with Crippen molar-refractivity contribution in [2.24, 2.45) is 0 Å². The van der Waals surface area contributed by atoms with E-state index in [1.807, 2.05) is 26.0 Å². The van der Waals surface area contributed by atoms with Crippen LogP contribution in [0.15, 0.2) is 12.1 Å². The second-order valence-corrected chi connectivity index (χ2v) is 4.69. The average Bonchev–Trinajstić information content (AvgIpc) is 2.43. The van der Waals surface area contributed by atoms with E-state index < -0.39 is 6.10 Å². The van der Waals surface area contributed by atoms with Gasteiger partial charge in [-0.05, 0) is 37.1 Å². The SMILES string of the molecule is COc1cc(C)c(NC(=O)C2CNCCO2)cc1C. The van der Waals surface area contributed by atoms with Crippen molar-refractivity contribution < 1.29 is 14.3 Å². The Kier molecular flexibility index (Phi) is 4.39. The molecule has 104 valence electrons. The first-order valence-electron chi connectivity index (χ1n) is 6.40. The van der Waals surface area contributed by atoms with E-state index in [9.17, 15) is 4.79 Å². The molecule has 1 fully saturated rings. The highest BCUT2D eigenvalue weighted by Gasteiger charge is 2.22. The fourth-order valence-corrected chi connectivity index (χ4v) is 2.09. The molecule has 2 rings (SSSR count). The maximum atomic E-state index is 12.1. The van der Waals surface area contributed by atoms with Crippen LogP contribution in [0.2, 0.25) is 0 Å². The second kappa shape index (κ2) is 6.04. The number of carbonyl (C=O) groups is 1. The molecule has 2 N–H and O–H groups in total. The molecule has 1 aromatic carbocycles. The number of morpholine rings is 1. The predicted octanol–water partition coefficient (Wildman–Crippen LogP) is 1.24. The molecule has 5 heteroatoms. The first kappa shape index (κ1) is 13.8. The van der Waals surface area contributed by atoms with Gasteiger partial charge in [0, 0.05) is 18.8 Å². The highest BCUT2D eigenvalue weighted by atomic mass is 16.5. The molecule has 0 bridgehead atoms. The lowest BCUT2D eigenvalue weighted by atomic mass is 10.1. The maximum absolute atomic E-state index is 12.1.